The molecule has 0 radical (unpaired) electrons. The Morgan fingerprint density at radius 1 is 1.50 bits per heavy atom. The maximum absolute atomic E-state index is 10.8. The summed E-state index contributed by atoms with van der Waals surface area (Å²) in [5.41, 5.74) is 12.7. The van der Waals surface area contributed by atoms with Crippen LogP contribution in [0.25, 0.3) is 0 Å². The van der Waals surface area contributed by atoms with Gasteiger partial charge >= 0.3 is 0 Å². The number of carbonyl (C=O) groups is 1. The zero-order chi connectivity index (χ0) is 9.14. The van der Waals surface area contributed by atoms with Crippen molar-refractivity contribution in [3.05, 3.63) is 29.3 Å². The second kappa shape index (κ2) is 3.26. The molecule has 0 heterocycles. The minimum Gasteiger partial charge on any atom is -0.398 e. The van der Waals surface area contributed by atoms with E-state index in [-0.39, 0.29) is 0 Å². The number of aryl methyl sites for hydroxylation is 1. The van der Waals surface area contributed by atoms with E-state index >= 15 is 0 Å². The van der Waals surface area contributed by atoms with Crippen LogP contribution in [0.2, 0.25) is 0 Å². The molecule has 1 aromatic carbocycles. The minimum absolute atomic E-state index is 0.411. The summed E-state index contributed by atoms with van der Waals surface area (Å²) in [7, 11) is 0. The molecule has 1 amide bonds. The van der Waals surface area contributed by atoms with Gasteiger partial charge in [0.1, 0.15) is 0 Å². The normalized spacial score (nSPS) is 9.75. The lowest BCUT2D eigenvalue weighted by molar-refractivity contribution is 0.100. The highest BCUT2D eigenvalue weighted by Crippen LogP contribution is 2.16. The van der Waals surface area contributed by atoms with Crippen LogP contribution in [0.15, 0.2) is 18.2 Å². The molecular weight excluding hydrogens is 152 g/mol. The van der Waals surface area contributed by atoms with E-state index < -0.39 is 5.91 Å². The van der Waals surface area contributed by atoms with E-state index in [4.69, 9.17) is 11.5 Å². The summed E-state index contributed by atoms with van der Waals surface area (Å²) >= 11 is 0. The predicted octanol–water partition coefficient (Wildman–Crippen LogP) is 0.930. The van der Waals surface area contributed by atoms with Crippen LogP contribution in [0.4, 0.5) is 5.69 Å². The second-order valence-corrected chi connectivity index (χ2v) is 2.60. The highest BCUT2D eigenvalue weighted by Gasteiger charge is 2.06. The first-order chi connectivity index (χ1) is 5.66. The number of anilines is 1. The van der Waals surface area contributed by atoms with Crippen molar-refractivity contribution in [1.29, 1.82) is 0 Å². The number of carbonyl (C=O) groups excluding carboxylic acids is 1. The van der Waals surface area contributed by atoms with Crippen LogP contribution in [0, 0.1) is 0 Å². The molecule has 12 heavy (non-hydrogen) atoms. The van der Waals surface area contributed by atoms with Gasteiger partial charge in [0.15, 0.2) is 0 Å². The number of hydrogen-bond acceptors (Lipinski definition) is 2. The van der Waals surface area contributed by atoms with Crippen LogP contribution in [-0.2, 0) is 6.42 Å². The fourth-order valence-corrected chi connectivity index (χ4v) is 1.14. The molecule has 0 saturated heterocycles. The molecule has 0 aliphatic rings. The monoisotopic (exact) mass is 164 g/mol. The molecule has 0 fully saturated rings. The molecule has 0 saturated carbocycles. The van der Waals surface area contributed by atoms with Crippen molar-refractivity contribution < 1.29 is 4.79 Å². The molecule has 3 nitrogen and oxygen atoms in total. The first-order valence-electron chi connectivity index (χ1n) is 3.84. The molecule has 4 N–H and O–H groups in total. The first kappa shape index (κ1) is 8.59. The Kier molecular flexibility index (Phi) is 2.33. The second-order valence-electron chi connectivity index (χ2n) is 2.60. The molecule has 0 spiro atoms. The molecule has 3 heteroatoms. The van der Waals surface area contributed by atoms with Gasteiger partial charge in [-0.1, -0.05) is 19.1 Å². The fourth-order valence-electron chi connectivity index (χ4n) is 1.14. The third kappa shape index (κ3) is 1.39. The van der Waals surface area contributed by atoms with E-state index in [0.717, 1.165) is 12.0 Å². The van der Waals surface area contributed by atoms with Crippen molar-refractivity contribution in [2.24, 2.45) is 5.73 Å². The number of nitrogens with two attached hydrogens (primary N) is 2. The van der Waals surface area contributed by atoms with Crippen molar-refractivity contribution in [3.8, 4) is 0 Å². The van der Waals surface area contributed by atoms with Crippen molar-refractivity contribution in [3.63, 3.8) is 0 Å². The highest BCUT2D eigenvalue weighted by molar-refractivity contribution is 5.98. The van der Waals surface area contributed by atoms with Gasteiger partial charge in [0.2, 0.25) is 0 Å². The Morgan fingerprint density at radius 2 is 2.17 bits per heavy atom. The number of para-hydroxylation sites is 1. The third-order valence-electron chi connectivity index (χ3n) is 1.84. The summed E-state index contributed by atoms with van der Waals surface area (Å²) in [6, 6.07) is 5.31. The van der Waals surface area contributed by atoms with Gasteiger partial charge in [0.25, 0.3) is 5.91 Å². The Labute approximate surface area is 71.4 Å². The average Bonchev–Trinajstić information content (AvgIpc) is 2.04. The molecule has 1 rings (SSSR count). The maximum atomic E-state index is 10.8. The summed E-state index contributed by atoms with van der Waals surface area (Å²) in [5.74, 6) is -0.470. The number of hydrogen-bond donors (Lipinski definition) is 2. The van der Waals surface area contributed by atoms with Gasteiger partial charge in [0, 0.05) is 5.69 Å². The predicted molar refractivity (Wildman–Crippen MR) is 48.8 cm³/mol. The smallest absolute Gasteiger partial charge is 0.250 e. The van der Waals surface area contributed by atoms with E-state index in [1.165, 1.54) is 0 Å². The maximum Gasteiger partial charge on any atom is 0.250 e. The van der Waals surface area contributed by atoms with Gasteiger partial charge in [-0.25, -0.2) is 0 Å². The number of rotatable bonds is 2. The average molecular weight is 164 g/mol. The van der Waals surface area contributed by atoms with Gasteiger partial charge in [-0.3, -0.25) is 4.79 Å². The first-order valence-corrected chi connectivity index (χ1v) is 3.84. The third-order valence-corrected chi connectivity index (χ3v) is 1.84. The SMILES string of the molecule is CCc1cccc(C(N)=O)c1N. The largest absolute Gasteiger partial charge is 0.398 e. The Bertz CT molecular complexity index is 307. The number of primary amides is 1. The van der Waals surface area contributed by atoms with Crippen molar-refractivity contribution in [2.75, 3.05) is 5.73 Å². The van der Waals surface area contributed by atoms with E-state index in [1.54, 1.807) is 12.1 Å². The van der Waals surface area contributed by atoms with E-state index in [0.29, 0.717) is 11.3 Å². The van der Waals surface area contributed by atoms with Gasteiger partial charge in [-0.15, -0.1) is 0 Å². The van der Waals surface area contributed by atoms with E-state index in [1.807, 2.05) is 13.0 Å². The topological polar surface area (TPSA) is 69.1 Å². The van der Waals surface area contributed by atoms with Gasteiger partial charge in [-0.05, 0) is 18.1 Å². The van der Waals surface area contributed by atoms with Crippen LogP contribution >= 0.6 is 0 Å². The molecule has 1 aromatic rings. The minimum atomic E-state index is -0.470. The van der Waals surface area contributed by atoms with Crippen molar-refractivity contribution >= 4 is 11.6 Å². The molecule has 0 aromatic heterocycles. The highest BCUT2D eigenvalue weighted by atomic mass is 16.1. The lowest BCUT2D eigenvalue weighted by atomic mass is 10.1. The molecule has 0 aliphatic heterocycles. The number of nitrogen functional groups attached to an aromatic ring is 1. The van der Waals surface area contributed by atoms with Crippen LogP contribution in [0.3, 0.4) is 0 Å². The van der Waals surface area contributed by atoms with Crippen molar-refractivity contribution in [1.82, 2.24) is 0 Å². The van der Waals surface area contributed by atoms with Crippen LogP contribution in [0.1, 0.15) is 22.8 Å². The fraction of sp³-hybridized carbons (Fsp3) is 0.222. The molecule has 0 aliphatic carbocycles. The standard InChI is InChI=1S/C9H12N2O/c1-2-6-4-3-5-7(8(6)10)9(11)12/h3-5H,2,10H2,1H3,(H2,11,12). The van der Waals surface area contributed by atoms with E-state index in [2.05, 4.69) is 0 Å². The van der Waals surface area contributed by atoms with Crippen LogP contribution < -0.4 is 11.5 Å². The molecular formula is C9H12N2O. The number of amides is 1. The lowest BCUT2D eigenvalue weighted by Gasteiger charge is -2.05. The molecule has 0 unspecified atom stereocenters. The summed E-state index contributed by atoms with van der Waals surface area (Å²) in [6.45, 7) is 1.98. The Balaban J connectivity index is 3.23. The molecule has 64 valence electrons. The van der Waals surface area contributed by atoms with Gasteiger partial charge < -0.3 is 11.5 Å². The van der Waals surface area contributed by atoms with Gasteiger partial charge in [0.05, 0.1) is 5.56 Å². The quantitative estimate of drug-likeness (QED) is 0.638. The zero-order valence-corrected chi connectivity index (χ0v) is 7.00. The van der Waals surface area contributed by atoms with Crippen LogP contribution in [-0.4, -0.2) is 5.91 Å². The molecule has 0 bridgehead atoms. The summed E-state index contributed by atoms with van der Waals surface area (Å²) in [6.07, 6.45) is 0.812. The Hall–Kier alpha value is -1.51. The van der Waals surface area contributed by atoms with E-state index in [9.17, 15) is 4.79 Å². The van der Waals surface area contributed by atoms with Crippen LogP contribution in [0.5, 0.6) is 0 Å². The summed E-state index contributed by atoms with van der Waals surface area (Å²) in [4.78, 5) is 10.8. The zero-order valence-electron chi connectivity index (χ0n) is 7.00. The lowest BCUT2D eigenvalue weighted by Crippen LogP contribution is -2.14. The van der Waals surface area contributed by atoms with Gasteiger partial charge in [-0.2, -0.15) is 0 Å². The summed E-state index contributed by atoms with van der Waals surface area (Å²) < 4.78 is 0. The molecule has 0 atom stereocenters. The summed E-state index contributed by atoms with van der Waals surface area (Å²) in [5, 5.41) is 0. The number of benzene rings is 1. The van der Waals surface area contributed by atoms with Crippen molar-refractivity contribution in [2.45, 2.75) is 13.3 Å². The Morgan fingerprint density at radius 3 is 2.67 bits per heavy atom.